The van der Waals surface area contributed by atoms with E-state index in [1.807, 2.05) is 21.1 Å². The van der Waals surface area contributed by atoms with Gasteiger partial charge in [-0.1, -0.05) is 6.92 Å². The highest BCUT2D eigenvalue weighted by atomic mass is 16.7. The topological polar surface area (TPSA) is 133 Å². The molecule has 0 aliphatic carbocycles. The molecule has 2 atom stereocenters. The number of rotatable bonds is 13. The number of nitrogens with zero attached hydrogens (tertiary/aromatic N) is 1. The number of carbonyl (C=O) groups is 3. The zero-order valence-electron chi connectivity index (χ0n) is 15.3. The lowest BCUT2D eigenvalue weighted by atomic mass is 10.1. The Bertz CT molecular complexity index is 460. The van der Waals surface area contributed by atoms with E-state index < -0.39 is 29.8 Å². The maximum absolute atomic E-state index is 12.2. The fourth-order valence-electron chi connectivity index (χ4n) is 1.88. The van der Waals surface area contributed by atoms with Gasteiger partial charge in [0.15, 0.2) is 0 Å². The van der Waals surface area contributed by atoms with Crippen LogP contribution in [-0.2, 0) is 23.9 Å². The molecular weight excluding hydrogens is 334 g/mol. The molecule has 0 aromatic carbocycles. The fraction of sp³-hybridized carbons (Fsp3) is 0.812. The van der Waals surface area contributed by atoms with Crippen molar-refractivity contribution in [2.75, 3.05) is 34.3 Å². The number of ether oxygens (including phenoxy) is 2. The molecule has 2 N–H and O–H groups in total. The van der Waals surface area contributed by atoms with Crippen LogP contribution in [0.1, 0.15) is 39.0 Å². The van der Waals surface area contributed by atoms with Crippen molar-refractivity contribution in [1.29, 1.82) is 0 Å². The quantitative estimate of drug-likeness (QED) is 0.186. The van der Waals surface area contributed by atoms with E-state index >= 15 is 0 Å². The van der Waals surface area contributed by atoms with Gasteiger partial charge in [0.05, 0.1) is 33.7 Å². The van der Waals surface area contributed by atoms with Crippen molar-refractivity contribution in [2.24, 2.45) is 0 Å². The van der Waals surface area contributed by atoms with Gasteiger partial charge in [0.1, 0.15) is 12.6 Å². The lowest BCUT2D eigenvalue weighted by Gasteiger charge is -2.30. The molecule has 0 spiro atoms. The third kappa shape index (κ3) is 10.0. The summed E-state index contributed by atoms with van der Waals surface area (Å²) in [6.45, 7) is 2.02. The van der Waals surface area contributed by atoms with Gasteiger partial charge in [-0.05, 0) is 19.3 Å². The van der Waals surface area contributed by atoms with Crippen LogP contribution in [0, 0.1) is 0 Å². The van der Waals surface area contributed by atoms with Crippen molar-refractivity contribution < 1.29 is 43.7 Å². The number of quaternary nitrogens is 1. The number of hydrogen-bond donors (Lipinski definition) is 2. The van der Waals surface area contributed by atoms with E-state index in [1.165, 1.54) is 6.92 Å². The van der Waals surface area contributed by atoms with Crippen LogP contribution in [0.25, 0.3) is 0 Å². The first kappa shape index (κ1) is 23.3. The second-order valence-electron chi connectivity index (χ2n) is 6.87. The van der Waals surface area contributed by atoms with Crippen LogP contribution in [0.15, 0.2) is 0 Å². The van der Waals surface area contributed by atoms with Crippen molar-refractivity contribution in [3.8, 4) is 0 Å². The number of hydrogen-bond acceptors (Lipinski definition) is 7. The summed E-state index contributed by atoms with van der Waals surface area (Å²) >= 11 is 0. The molecule has 0 aromatic rings. The van der Waals surface area contributed by atoms with Gasteiger partial charge in [-0.25, -0.2) is 4.79 Å². The van der Waals surface area contributed by atoms with Crippen LogP contribution in [0.2, 0.25) is 0 Å². The highest BCUT2D eigenvalue weighted by Gasteiger charge is 2.40. The van der Waals surface area contributed by atoms with Gasteiger partial charge in [0.25, 0.3) is 5.79 Å². The van der Waals surface area contributed by atoms with E-state index in [4.69, 9.17) is 14.6 Å². The lowest BCUT2D eigenvalue weighted by Crippen LogP contribution is -2.49. The summed E-state index contributed by atoms with van der Waals surface area (Å²) < 4.78 is 10.6. The van der Waals surface area contributed by atoms with E-state index in [0.29, 0.717) is 11.0 Å². The number of aliphatic hydroxyl groups is 1. The monoisotopic (exact) mass is 363 g/mol. The highest BCUT2D eigenvalue weighted by molar-refractivity contribution is 5.81. The summed E-state index contributed by atoms with van der Waals surface area (Å²) in [5.41, 5.74) is 0. The Hall–Kier alpha value is -1.71. The number of carboxylic acid groups (broad SMARTS) is 2. The van der Waals surface area contributed by atoms with Crippen molar-refractivity contribution in [2.45, 2.75) is 50.9 Å². The van der Waals surface area contributed by atoms with E-state index in [-0.39, 0.29) is 38.7 Å². The normalized spacial score (nSPS) is 15.2. The average molecular weight is 363 g/mol. The van der Waals surface area contributed by atoms with Gasteiger partial charge in [0.2, 0.25) is 0 Å². The Morgan fingerprint density at radius 3 is 2.24 bits per heavy atom. The second-order valence-corrected chi connectivity index (χ2v) is 6.87. The number of carbonyl (C=O) groups excluding carboxylic acids is 2. The first-order valence-corrected chi connectivity index (χ1v) is 8.22. The van der Waals surface area contributed by atoms with Gasteiger partial charge in [0, 0.05) is 12.8 Å². The molecule has 9 nitrogen and oxygen atoms in total. The molecular formula is C16H29NO8. The van der Waals surface area contributed by atoms with E-state index in [9.17, 15) is 24.6 Å². The third-order valence-electron chi connectivity index (χ3n) is 3.46. The molecule has 25 heavy (non-hydrogen) atoms. The number of carboxylic acids is 2. The first-order chi connectivity index (χ1) is 11.4. The molecule has 0 aliphatic heterocycles. The molecule has 2 unspecified atom stereocenters. The smallest absolute Gasteiger partial charge is 0.367 e. The van der Waals surface area contributed by atoms with Crippen LogP contribution < -0.4 is 5.11 Å². The zero-order chi connectivity index (χ0) is 19.7. The van der Waals surface area contributed by atoms with Crippen molar-refractivity contribution >= 4 is 17.9 Å². The molecule has 0 rings (SSSR count). The number of likely N-dealkylation sites (N-methyl/N-ethyl adjacent to an activating group) is 1. The molecule has 0 saturated carbocycles. The number of esters is 1. The SMILES string of the molecule is CCC(OC(=O)C(O)(CCCCC(=O)O)OCC[N+](C)(C)C)C(=O)[O-]. The molecule has 0 aromatic heterocycles. The largest absolute Gasteiger partial charge is 0.546 e. The van der Waals surface area contributed by atoms with Gasteiger partial charge >= 0.3 is 11.9 Å². The van der Waals surface area contributed by atoms with Gasteiger partial charge in [-0.15, -0.1) is 0 Å². The maximum atomic E-state index is 12.2. The summed E-state index contributed by atoms with van der Waals surface area (Å²) in [4.78, 5) is 33.6. The Morgan fingerprint density at radius 2 is 1.80 bits per heavy atom. The lowest BCUT2D eigenvalue weighted by molar-refractivity contribution is -0.871. The fourth-order valence-corrected chi connectivity index (χ4v) is 1.88. The molecule has 146 valence electrons. The first-order valence-electron chi connectivity index (χ1n) is 8.22. The summed E-state index contributed by atoms with van der Waals surface area (Å²) in [5.74, 6) is -6.08. The summed E-state index contributed by atoms with van der Waals surface area (Å²) in [5, 5.41) is 30.0. The predicted octanol–water partition coefficient (Wildman–Crippen LogP) is -0.885. The van der Waals surface area contributed by atoms with Crippen molar-refractivity contribution in [3.05, 3.63) is 0 Å². The van der Waals surface area contributed by atoms with Crippen molar-refractivity contribution in [1.82, 2.24) is 0 Å². The van der Waals surface area contributed by atoms with E-state index in [1.54, 1.807) is 0 Å². The Morgan fingerprint density at radius 1 is 1.20 bits per heavy atom. The standard InChI is InChI=1S/C16H29NO8/c1-5-12(14(20)21)25-15(22)16(23,9-7-6-8-13(18)19)24-11-10-17(2,3)4/h12,23H,5-11H2,1-4H3,(H-,18,19,20,21). The highest BCUT2D eigenvalue weighted by Crippen LogP contribution is 2.20. The minimum absolute atomic E-state index is 0.0119. The third-order valence-corrected chi connectivity index (χ3v) is 3.46. The van der Waals surface area contributed by atoms with E-state index in [0.717, 1.165) is 0 Å². The van der Waals surface area contributed by atoms with Crippen LogP contribution in [0.5, 0.6) is 0 Å². The number of aliphatic carboxylic acids is 2. The maximum Gasteiger partial charge on any atom is 0.367 e. The molecule has 0 radical (unpaired) electrons. The molecule has 0 aliphatic rings. The Balaban J connectivity index is 4.92. The predicted molar refractivity (Wildman–Crippen MR) is 85.1 cm³/mol. The molecule has 0 fully saturated rings. The van der Waals surface area contributed by atoms with Crippen molar-refractivity contribution in [3.63, 3.8) is 0 Å². The second kappa shape index (κ2) is 10.3. The van der Waals surface area contributed by atoms with Crippen LogP contribution in [0.4, 0.5) is 0 Å². The minimum Gasteiger partial charge on any atom is -0.546 e. The molecule has 0 heterocycles. The van der Waals surface area contributed by atoms with Crippen LogP contribution in [0.3, 0.4) is 0 Å². The van der Waals surface area contributed by atoms with Gasteiger partial charge in [-0.3, -0.25) is 4.79 Å². The molecule has 9 heteroatoms. The Kier molecular flexibility index (Phi) is 9.61. The Labute approximate surface area is 147 Å². The van der Waals surface area contributed by atoms with Crippen LogP contribution >= 0.6 is 0 Å². The minimum atomic E-state index is -2.32. The summed E-state index contributed by atoms with van der Waals surface area (Å²) in [6, 6.07) is 0. The summed E-state index contributed by atoms with van der Waals surface area (Å²) in [7, 11) is 5.70. The number of unbranched alkanes of at least 4 members (excludes halogenated alkanes) is 1. The summed E-state index contributed by atoms with van der Waals surface area (Å²) in [6.07, 6.45) is -1.37. The molecule has 0 saturated heterocycles. The van der Waals surface area contributed by atoms with Gasteiger partial charge < -0.3 is 34.1 Å². The molecule has 0 amide bonds. The molecule has 0 bridgehead atoms. The van der Waals surface area contributed by atoms with Crippen LogP contribution in [-0.4, -0.2) is 78.8 Å². The zero-order valence-corrected chi connectivity index (χ0v) is 15.3. The van der Waals surface area contributed by atoms with E-state index in [2.05, 4.69) is 0 Å². The average Bonchev–Trinajstić information content (AvgIpc) is 2.47. The van der Waals surface area contributed by atoms with Gasteiger partial charge in [-0.2, -0.15) is 0 Å².